The van der Waals surface area contributed by atoms with E-state index in [2.05, 4.69) is 0 Å². The smallest absolute Gasteiger partial charge is 0.189 e. The first-order valence-corrected chi connectivity index (χ1v) is 7.05. The Bertz CT molecular complexity index is 654. The number of benzene rings is 1. The summed E-state index contributed by atoms with van der Waals surface area (Å²) in [7, 11) is 1.56. The maximum absolute atomic E-state index is 12.0. The minimum Gasteiger partial charge on any atom is -0.496 e. The summed E-state index contributed by atoms with van der Waals surface area (Å²) in [4.78, 5) is 12.0. The fraction of sp³-hybridized carbons (Fsp3) is 0.0500. The van der Waals surface area contributed by atoms with Crippen LogP contribution in [0.2, 0.25) is 0 Å². The zero-order chi connectivity index (χ0) is 15.6. The van der Waals surface area contributed by atoms with E-state index < -0.39 is 0 Å². The molecular weight excluding hydrogens is 328 g/mol. The summed E-state index contributed by atoms with van der Waals surface area (Å²) in [6.07, 6.45) is 21.1. The molecule has 0 heterocycles. The number of hydrogen-bond acceptors (Lipinski definition) is 2. The van der Waals surface area contributed by atoms with Gasteiger partial charge in [0.1, 0.15) is 5.75 Å². The zero-order valence-electron chi connectivity index (χ0n) is 12.8. The van der Waals surface area contributed by atoms with E-state index in [4.69, 9.17) is 4.74 Å². The number of carbonyl (C=O) groups is 1. The molecule has 118 valence electrons. The first-order valence-electron chi connectivity index (χ1n) is 7.05. The molecule has 0 aliphatic heterocycles. The van der Waals surface area contributed by atoms with Gasteiger partial charge in [0.05, 0.1) is 12.7 Å². The van der Waals surface area contributed by atoms with Crippen molar-refractivity contribution in [2.45, 2.75) is 0 Å². The van der Waals surface area contributed by atoms with E-state index in [-0.39, 0.29) is 22.9 Å². The van der Waals surface area contributed by atoms with Crippen molar-refractivity contribution in [3.05, 3.63) is 103 Å². The molecule has 23 heavy (non-hydrogen) atoms. The van der Waals surface area contributed by atoms with Crippen molar-refractivity contribution in [3.63, 3.8) is 0 Å². The number of ether oxygens (including phenoxy) is 1. The molecule has 0 spiro atoms. The Morgan fingerprint density at radius 3 is 2.30 bits per heavy atom. The third-order valence-electron chi connectivity index (χ3n) is 3.04. The van der Waals surface area contributed by atoms with E-state index in [9.17, 15) is 4.79 Å². The Kier molecular flexibility index (Phi) is 8.74. The van der Waals surface area contributed by atoms with Crippen LogP contribution in [0.5, 0.6) is 5.75 Å². The third-order valence-corrected chi connectivity index (χ3v) is 3.04. The molecule has 2 aliphatic carbocycles. The molecule has 0 amide bonds. The molecular formula is C20H18FeO2. The van der Waals surface area contributed by atoms with Gasteiger partial charge in [0.15, 0.2) is 5.78 Å². The first kappa shape index (κ1) is 19.0. The SMILES string of the molecule is COc1ccccc1C(=O)/C=C/C1=C[CH]C=C1.[CH]1C=CC=C1.[Fe]. The molecule has 0 N–H and O–H groups in total. The van der Waals surface area contributed by atoms with Crippen molar-refractivity contribution >= 4 is 5.78 Å². The number of carbonyl (C=O) groups excluding carboxylic acids is 1. The van der Waals surface area contributed by atoms with E-state index in [1.807, 2.05) is 67.5 Å². The monoisotopic (exact) mass is 346 g/mol. The molecule has 0 aromatic heterocycles. The molecule has 0 saturated carbocycles. The van der Waals surface area contributed by atoms with Crippen molar-refractivity contribution in [3.8, 4) is 5.75 Å². The second-order valence-electron chi connectivity index (χ2n) is 4.58. The van der Waals surface area contributed by atoms with Gasteiger partial charge in [0.2, 0.25) is 0 Å². The summed E-state index contributed by atoms with van der Waals surface area (Å²) in [5.41, 5.74) is 1.60. The topological polar surface area (TPSA) is 26.3 Å². The van der Waals surface area contributed by atoms with Crippen molar-refractivity contribution in [2.24, 2.45) is 0 Å². The quantitative estimate of drug-likeness (QED) is 0.457. The summed E-state index contributed by atoms with van der Waals surface area (Å²) < 4.78 is 5.15. The van der Waals surface area contributed by atoms with Crippen LogP contribution in [0, 0.1) is 12.8 Å². The van der Waals surface area contributed by atoms with Gasteiger partial charge in [-0.05, 0) is 23.8 Å². The van der Waals surface area contributed by atoms with Crippen molar-refractivity contribution in [1.82, 2.24) is 0 Å². The molecule has 0 saturated heterocycles. The number of methoxy groups -OCH3 is 1. The molecule has 0 unspecified atom stereocenters. The van der Waals surface area contributed by atoms with Crippen LogP contribution >= 0.6 is 0 Å². The van der Waals surface area contributed by atoms with Gasteiger partial charge < -0.3 is 4.74 Å². The molecule has 1 aromatic rings. The number of allylic oxidation sites excluding steroid dienone is 10. The molecule has 2 nitrogen and oxygen atoms in total. The normalized spacial score (nSPS) is 14.2. The molecule has 1 aromatic carbocycles. The second kappa shape index (κ2) is 10.6. The summed E-state index contributed by atoms with van der Waals surface area (Å²) in [5, 5.41) is 0. The van der Waals surface area contributed by atoms with E-state index in [1.54, 1.807) is 31.4 Å². The van der Waals surface area contributed by atoms with Gasteiger partial charge in [-0.3, -0.25) is 4.79 Å². The molecule has 0 fully saturated rings. The van der Waals surface area contributed by atoms with Crippen LogP contribution in [0.3, 0.4) is 0 Å². The van der Waals surface area contributed by atoms with Crippen LogP contribution < -0.4 is 4.74 Å². The maximum Gasteiger partial charge on any atom is 0.189 e. The van der Waals surface area contributed by atoms with Crippen molar-refractivity contribution in [1.29, 1.82) is 0 Å². The van der Waals surface area contributed by atoms with Gasteiger partial charge in [-0.1, -0.05) is 60.7 Å². The van der Waals surface area contributed by atoms with Crippen LogP contribution in [-0.4, -0.2) is 12.9 Å². The van der Waals surface area contributed by atoms with Crippen LogP contribution in [0.4, 0.5) is 0 Å². The van der Waals surface area contributed by atoms with Gasteiger partial charge in [-0.15, -0.1) is 0 Å². The van der Waals surface area contributed by atoms with Crippen LogP contribution in [0.25, 0.3) is 0 Å². The van der Waals surface area contributed by atoms with Gasteiger partial charge in [0.25, 0.3) is 0 Å². The number of rotatable bonds is 4. The first-order chi connectivity index (χ1) is 10.8. The summed E-state index contributed by atoms with van der Waals surface area (Å²) >= 11 is 0. The van der Waals surface area contributed by atoms with Crippen LogP contribution in [0.15, 0.2) is 84.5 Å². The molecule has 0 bridgehead atoms. The standard InChI is InChI=1S/C15H13O2.C5H5.Fe/c1-17-15-9-5-4-8-13(15)14(16)11-10-12-6-2-3-7-12;1-2-4-5-3-1;/h2-11H,1H3;1-5H;/b11-10+;;. The number of hydrogen-bond donors (Lipinski definition) is 0. The van der Waals surface area contributed by atoms with E-state index >= 15 is 0 Å². The fourth-order valence-corrected chi connectivity index (χ4v) is 1.93. The molecule has 2 radical (unpaired) electrons. The van der Waals surface area contributed by atoms with Crippen molar-refractivity contribution < 1.29 is 26.6 Å². The van der Waals surface area contributed by atoms with E-state index in [0.29, 0.717) is 11.3 Å². The summed E-state index contributed by atoms with van der Waals surface area (Å²) in [5.74, 6) is 0.549. The van der Waals surface area contributed by atoms with E-state index in [0.717, 1.165) is 5.57 Å². The Hall–Kier alpha value is -2.09. The molecule has 3 rings (SSSR count). The van der Waals surface area contributed by atoms with Crippen LogP contribution in [0.1, 0.15) is 10.4 Å². The molecule has 3 heteroatoms. The predicted molar refractivity (Wildman–Crippen MR) is 90.6 cm³/mol. The number of para-hydroxylation sites is 1. The predicted octanol–water partition coefficient (Wildman–Crippen LogP) is 4.45. The largest absolute Gasteiger partial charge is 0.496 e. The fourth-order valence-electron chi connectivity index (χ4n) is 1.93. The Morgan fingerprint density at radius 2 is 1.74 bits per heavy atom. The zero-order valence-corrected chi connectivity index (χ0v) is 13.9. The van der Waals surface area contributed by atoms with Gasteiger partial charge >= 0.3 is 0 Å². The van der Waals surface area contributed by atoms with Gasteiger partial charge in [-0.25, -0.2) is 0 Å². The minimum atomic E-state index is -0.0522. The summed E-state index contributed by atoms with van der Waals surface area (Å²) in [6, 6.07) is 7.21. The summed E-state index contributed by atoms with van der Waals surface area (Å²) in [6.45, 7) is 0. The maximum atomic E-state index is 12.0. The molecule has 2 aliphatic rings. The Balaban J connectivity index is 0.000000377. The van der Waals surface area contributed by atoms with E-state index in [1.165, 1.54) is 0 Å². The molecule has 0 atom stereocenters. The third kappa shape index (κ3) is 6.27. The Labute approximate surface area is 148 Å². The minimum absolute atomic E-state index is 0. The second-order valence-corrected chi connectivity index (χ2v) is 4.58. The average molecular weight is 346 g/mol. The van der Waals surface area contributed by atoms with Gasteiger partial charge in [-0.2, -0.15) is 0 Å². The number of ketones is 1. The average Bonchev–Trinajstić information content (AvgIpc) is 3.28. The van der Waals surface area contributed by atoms with Crippen molar-refractivity contribution in [2.75, 3.05) is 7.11 Å². The van der Waals surface area contributed by atoms with Gasteiger partial charge in [0, 0.05) is 29.9 Å². The Morgan fingerprint density at radius 1 is 1.00 bits per heavy atom. The van der Waals surface area contributed by atoms with Crippen LogP contribution in [-0.2, 0) is 17.1 Å².